The number of fused-ring (bicyclic) bond motifs is 2. The number of carbonyl (C=O) groups excluding carboxylic acids is 1. The van der Waals surface area contributed by atoms with Crippen molar-refractivity contribution in [2.24, 2.45) is 4.99 Å². The summed E-state index contributed by atoms with van der Waals surface area (Å²) in [5.74, 6) is 0.791. The predicted octanol–water partition coefficient (Wildman–Crippen LogP) is 3.23. The summed E-state index contributed by atoms with van der Waals surface area (Å²) in [6.45, 7) is 6.22. The minimum Gasteiger partial charge on any atom is -0.357 e. The third-order valence-electron chi connectivity index (χ3n) is 5.43. The Morgan fingerprint density at radius 1 is 1.20 bits per heavy atom. The molecule has 1 aliphatic rings. The Morgan fingerprint density at radius 2 is 2.10 bits per heavy atom. The summed E-state index contributed by atoms with van der Waals surface area (Å²) in [5, 5.41) is 9.98. The first-order chi connectivity index (χ1) is 14.7. The molecule has 2 N–H and O–H groups in total. The van der Waals surface area contributed by atoms with Crippen molar-refractivity contribution in [2.75, 3.05) is 26.2 Å². The Labute approximate surface area is 181 Å². The summed E-state index contributed by atoms with van der Waals surface area (Å²) in [4.78, 5) is 20.5. The predicted molar refractivity (Wildman–Crippen MR) is 124 cm³/mol. The number of aromatic nitrogens is 1. The summed E-state index contributed by atoms with van der Waals surface area (Å²) >= 11 is 1.79. The topological polar surface area (TPSA) is 61.7 Å². The molecule has 0 spiro atoms. The molecular weight excluding hydrogens is 394 g/mol. The second kappa shape index (κ2) is 9.80. The maximum absolute atomic E-state index is 12.6. The number of carbonyl (C=O) groups is 1. The lowest BCUT2D eigenvalue weighted by molar-refractivity contribution is -0.130. The standard InChI is InChI=1S/C23H29N5OS/c1-2-24-23(25-11-5-12-27-13-8-18-6-3-4-7-20(18)27)26-16-22(29)28-14-9-21-19(17-28)10-15-30-21/h3-4,6-8,10,13,15H,2,5,9,11-12,14,16-17H2,1H3,(H2,24,25,26). The van der Waals surface area contributed by atoms with E-state index >= 15 is 0 Å². The van der Waals surface area contributed by atoms with Gasteiger partial charge in [0.05, 0.1) is 0 Å². The molecule has 1 aliphatic heterocycles. The van der Waals surface area contributed by atoms with Gasteiger partial charge in [0.25, 0.3) is 0 Å². The first-order valence-corrected chi connectivity index (χ1v) is 11.5. The number of para-hydroxylation sites is 1. The highest BCUT2D eigenvalue weighted by Crippen LogP contribution is 2.23. The molecule has 0 atom stereocenters. The Morgan fingerprint density at radius 3 is 3.00 bits per heavy atom. The molecule has 158 valence electrons. The molecule has 0 saturated carbocycles. The molecule has 6 nitrogen and oxygen atoms in total. The molecule has 30 heavy (non-hydrogen) atoms. The lowest BCUT2D eigenvalue weighted by Gasteiger charge is -2.26. The lowest BCUT2D eigenvalue weighted by Crippen LogP contribution is -2.40. The third-order valence-corrected chi connectivity index (χ3v) is 6.45. The number of aryl methyl sites for hydroxylation is 1. The van der Waals surface area contributed by atoms with Crippen molar-refractivity contribution in [1.29, 1.82) is 0 Å². The molecule has 0 saturated heterocycles. The van der Waals surface area contributed by atoms with E-state index in [0.717, 1.165) is 39.0 Å². The van der Waals surface area contributed by atoms with Gasteiger partial charge in [-0.3, -0.25) is 4.79 Å². The van der Waals surface area contributed by atoms with Gasteiger partial charge in [-0.15, -0.1) is 11.3 Å². The fourth-order valence-electron chi connectivity index (χ4n) is 3.84. The van der Waals surface area contributed by atoms with E-state index in [2.05, 4.69) is 68.2 Å². The summed E-state index contributed by atoms with van der Waals surface area (Å²) in [5.41, 5.74) is 2.55. The molecule has 0 bridgehead atoms. The normalized spacial score (nSPS) is 14.0. The Kier molecular flexibility index (Phi) is 6.69. The highest BCUT2D eigenvalue weighted by atomic mass is 32.1. The highest BCUT2D eigenvalue weighted by Gasteiger charge is 2.21. The minimum atomic E-state index is 0.0860. The van der Waals surface area contributed by atoms with E-state index in [1.807, 2.05) is 11.8 Å². The van der Waals surface area contributed by atoms with Crippen molar-refractivity contribution in [3.63, 3.8) is 0 Å². The quantitative estimate of drug-likeness (QED) is 0.348. The van der Waals surface area contributed by atoms with Crippen molar-refractivity contribution >= 4 is 34.1 Å². The number of guanidine groups is 1. The monoisotopic (exact) mass is 423 g/mol. The zero-order chi connectivity index (χ0) is 20.8. The van der Waals surface area contributed by atoms with Gasteiger partial charge in [0.1, 0.15) is 6.54 Å². The van der Waals surface area contributed by atoms with E-state index in [1.54, 1.807) is 11.3 Å². The van der Waals surface area contributed by atoms with Crippen LogP contribution in [0.4, 0.5) is 0 Å². The Bertz CT molecular complexity index is 1020. The van der Waals surface area contributed by atoms with Gasteiger partial charge in [0.2, 0.25) is 5.91 Å². The molecule has 1 amide bonds. The molecule has 7 heteroatoms. The Balaban J connectivity index is 1.26. The zero-order valence-corrected chi connectivity index (χ0v) is 18.3. The molecule has 4 rings (SSSR count). The summed E-state index contributed by atoms with van der Waals surface area (Å²) in [6, 6.07) is 12.7. The number of benzene rings is 1. The van der Waals surface area contributed by atoms with E-state index in [0.29, 0.717) is 12.5 Å². The zero-order valence-electron chi connectivity index (χ0n) is 17.4. The number of aliphatic imine (C=N–C) groups is 1. The van der Waals surface area contributed by atoms with Crippen LogP contribution in [0.2, 0.25) is 0 Å². The first-order valence-electron chi connectivity index (χ1n) is 10.6. The van der Waals surface area contributed by atoms with Crippen molar-refractivity contribution in [2.45, 2.75) is 32.9 Å². The molecule has 3 aromatic rings. The van der Waals surface area contributed by atoms with Crippen LogP contribution in [-0.2, 0) is 24.3 Å². The fourth-order valence-corrected chi connectivity index (χ4v) is 4.73. The number of rotatable bonds is 7. The number of hydrogen-bond donors (Lipinski definition) is 2. The SMILES string of the molecule is CCNC(=NCC(=O)N1CCc2sccc2C1)NCCCn1ccc2ccccc21. The minimum absolute atomic E-state index is 0.0860. The molecular formula is C23H29N5OS. The number of amides is 1. The van der Waals surface area contributed by atoms with Gasteiger partial charge in [-0.25, -0.2) is 4.99 Å². The highest BCUT2D eigenvalue weighted by molar-refractivity contribution is 7.10. The van der Waals surface area contributed by atoms with Crippen LogP contribution in [0, 0.1) is 0 Å². The molecule has 2 aromatic heterocycles. The van der Waals surface area contributed by atoms with Crippen molar-refractivity contribution in [3.05, 3.63) is 58.4 Å². The van der Waals surface area contributed by atoms with Crippen LogP contribution in [0.25, 0.3) is 10.9 Å². The second-order valence-corrected chi connectivity index (χ2v) is 8.48. The molecule has 0 fully saturated rings. The van der Waals surface area contributed by atoms with E-state index < -0.39 is 0 Å². The van der Waals surface area contributed by atoms with Crippen LogP contribution in [0.15, 0.2) is 53.0 Å². The van der Waals surface area contributed by atoms with Crippen molar-refractivity contribution in [3.8, 4) is 0 Å². The van der Waals surface area contributed by atoms with Crippen molar-refractivity contribution in [1.82, 2.24) is 20.1 Å². The van der Waals surface area contributed by atoms with Gasteiger partial charge >= 0.3 is 0 Å². The largest absolute Gasteiger partial charge is 0.357 e. The maximum atomic E-state index is 12.6. The summed E-state index contributed by atoms with van der Waals surface area (Å²) in [7, 11) is 0. The number of nitrogens with one attached hydrogen (secondary N) is 2. The van der Waals surface area contributed by atoms with Gasteiger partial charge in [0.15, 0.2) is 5.96 Å². The molecule has 1 aromatic carbocycles. The van der Waals surface area contributed by atoms with Crippen LogP contribution in [-0.4, -0.2) is 47.5 Å². The van der Waals surface area contributed by atoms with E-state index in [1.165, 1.54) is 21.3 Å². The van der Waals surface area contributed by atoms with Gasteiger partial charge in [-0.1, -0.05) is 18.2 Å². The van der Waals surface area contributed by atoms with Gasteiger partial charge in [0, 0.05) is 49.3 Å². The van der Waals surface area contributed by atoms with E-state index in [9.17, 15) is 4.79 Å². The molecule has 0 aliphatic carbocycles. The average molecular weight is 424 g/mol. The summed E-state index contributed by atoms with van der Waals surface area (Å²) in [6.07, 6.45) is 4.07. The maximum Gasteiger partial charge on any atom is 0.244 e. The molecule has 3 heterocycles. The summed E-state index contributed by atoms with van der Waals surface area (Å²) < 4.78 is 2.28. The number of thiophene rings is 1. The third kappa shape index (κ3) is 4.84. The van der Waals surface area contributed by atoms with E-state index in [-0.39, 0.29) is 12.5 Å². The second-order valence-electron chi connectivity index (χ2n) is 7.48. The van der Waals surface area contributed by atoms with Crippen LogP contribution in [0.3, 0.4) is 0 Å². The first kappa shape index (κ1) is 20.5. The van der Waals surface area contributed by atoms with Gasteiger partial charge < -0.3 is 20.1 Å². The lowest BCUT2D eigenvalue weighted by atomic mass is 10.1. The van der Waals surface area contributed by atoms with Crippen LogP contribution in [0.1, 0.15) is 23.8 Å². The average Bonchev–Trinajstić information content (AvgIpc) is 3.41. The number of nitrogens with zero attached hydrogens (tertiary/aromatic N) is 3. The number of hydrogen-bond acceptors (Lipinski definition) is 3. The van der Waals surface area contributed by atoms with Crippen LogP contribution < -0.4 is 10.6 Å². The smallest absolute Gasteiger partial charge is 0.244 e. The Hall–Kier alpha value is -2.80. The van der Waals surface area contributed by atoms with Gasteiger partial charge in [-0.2, -0.15) is 0 Å². The molecule has 0 radical (unpaired) electrons. The van der Waals surface area contributed by atoms with E-state index in [4.69, 9.17) is 0 Å². The van der Waals surface area contributed by atoms with Crippen molar-refractivity contribution < 1.29 is 4.79 Å². The van der Waals surface area contributed by atoms with Crippen LogP contribution in [0.5, 0.6) is 0 Å². The van der Waals surface area contributed by atoms with Gasteiger partial charge in [-0.05, 0) is 54.3 Å². The molecule has 0 unspecified atom stereocenters. The fraction of sp³-hybridized carbons (Fsp3) is 0.391. The van der Waals surface area contributed by atoms with Crippen LogP contribution >= 0.6 is 11.3 Å².